The number of hydrogen-bond donors (Lipinski definition) is 2. The molecule has 2 rings (SSSR count). The van der Waals surface area contributed by atoms with Crippen LogP contribution in [0, 0.1) is 0 Å². The molecule has 0 aliphatic carbocycles. The molecule has 1 aromatic rings. The van der Waals surface area contributed by atoms with Crippen LogP contribution in [0.4, 0.5) is 5.82 Å². The van der Waals surface area contributed by atoms with Crippen LogP contribution in [0.3, 0.4) is 0 Å². The second kappa shape index (κ2) is 7.24. The molecule has 5 heteroatoms. The Bertz CT molecular complexity index is 432. The van der Waals surface area contributed by atoms with Gasteiger partial charge in [-0.3, -0.25) is 4.79 Å². The average molecular weight is 277 g/mol. The zero-order valence-electron chi connectivity index (χ0n) is 12.2. The van der Waals surface area contributed by atoms with Gasteiger partial charge >= 0.3 is 0 Å². The first-order valence-corrected chi connectivity index (χ1v) is 7.36. The van der Waals surface area contributed by atoms with Crippen LogP contribution >= 0.6 is 0 Å². The SMILES string of the molecule is CCCc1cc(C(=O)NC2CCOC2)cc(NCC)n1. The Hall–Kier alpha value is -1.62. The molecule has 0 aromatic carbocycles. The molecule has 0 spiro atoms. The van der Waals surface area contributed by atoms with E-state index in [2.05, 4.69) is 22.5 Å². The Morgan fingerprint density at radius 3 is 2.95 bits per heavy atom. The molecule has 1 aliphatic heterocycles. The second-order valence-electron chi connectivity index (χ2n) is 5.05. The van der Waals surface area contributed by atoms with Crippen LogP contribution < -0.4 is 10.6 Å². The molecule has 1 aromatic heterocycles. The van der Waals surface area contributed by atoms with E-state index in [4.69, 9.17) is 4.74 Å². The molecule has 2 heterocycles. The molecular formula is C15H23N3O2. The van der Waals surface area contributed by atoms with E-state index in [1.165, 1.54) is 0 Å². The van der Waals surface area contributed by atoms with Crippen molar-refractivity contribution >= 4 is 11.7 Å². The van der Waals surface area contributed by atoms with Crippen LogP contribution in [-0.2, 0) is 11.2 Å². The lowest BCUT2D eigenvalue weighted by Crippen LogP contribution is -2.35. The van der Waals surface area contributed by atoms with Gasteiger partial charge in [-0.05, 0) is 31.9 Å². The number of amides is 1. The number of aryl methyl sites for hydroxylation is 1. The minimum atomic E-state index is -0.0422. The molecule has 110 valence electrons. The summed E-state index contributed by atoms with van der Waals surface area (Å²) in [4.78, 5) is 16.8. The van der Waals surface area contributed by atoms with E-state index in [0.717, 1.165) is 43.9 Å². The molecular weight excluding hydrogens is 254 g/mol. The molecule has 1 aliphatic rings. The number of anilines is 1. The van der Waals surface area contributed by atoms with Crippen molar-refractivity contribution in [3.63, 3.8) is 0 Å². The van der Waals surface area contributed by atoms with E-state index < -0.39 is 0 Å². The fourth-order valence-corrected chi connectivity index (χ4v) is 2.29. The zero-order valence-corrected chi connectivity index (χ0v) is 12.2. The highest BCUT2D eigenvalue weighted by Crippen LogP contribution is 2.13. The van der Waals surface area contributed by atoms with Gasteiger partial charge in [0.05, 0.1) is 12.6 Å². The summed E-state index contributed by atoms with van der Waals surface area (Å²) in [6.45, 7) is 6.25. The molecule has 1 saturated heterocycles. The first-order chi connectivity index (χ1) is 9.72. The molecule has 5 nitrogen and oxygen atoms in total. The maximum Gasteiger partial charge on any atom is 0.251 e. The van der Waals surface area contributed by atoms with Gasteiger partial charge in [0.2, 0.25) is 0 Å². The quantitative estimate of drug-likeness (QED) is 0.834. The fourth-order valence-electron chi connectivity index (χ4n) is 2.29. The second-order valence-corrected chi connectivity index (χ2v) is 5.05. The molecule has 1 amide bonds. The predicted octanol–water partition coefficient (Wildman–Crippen LogP) is 1.98. The van der Waals surface area contributed by atoms with Gasteiger partial charge in [-0.1, -0.05) is 13.3 Å². The highest BCUT2D eigenvalue weighted by Gasteiger charge is 2.19. The number of carbonyl (C=O) groups is 1. The van der Waals surface area contributed by atoms with Crippen LogP contribution in [-0.4, -0.2) is 36.7 Å². The van der Waals surface area contributed by atoms with Crippen molar-refractivity contribution in [3.8, 4) is 0 Å². The van der Waals surface area contributed by atoms with Gasteiger partial charge in [0.15, 0.2) is 0 Å². The topological polar surface area (TPSA) is 63.2 Å². The van der Waals surface area contributed by atoms with Crippen molar-refractivity contribution < 1.29 is 9.53 Å². The van der Waals surface area contributed by atoms with E-state index in [1.807, 2.05) is 19.1 Å². The number of pyridine rings is 1. The third-order valence-electron chi connectivity index (χ3n) is 3.27. The molecule has 0 bridgehead atoms. The summed E-state index contributed by atoms with van der Waals surface area (Å²) in [5.41, 5.74) is 1.63. The number of rotatable bonds is 6. The lowest BCUT2D eigenvalue weighted by molar-refractivity contribution is 0.0929. The number of hydrogen-bond acceptors (Lipinski definition) is 4. The molecule has 1 atom stereocenters. The highest BCUT2D eigenvalue weighted by atomic mass is 16.5. The van der Waals surface area contributed by atoms with Gasteiger partial charge < -0.3 is 15.4 Å². The maximum atomic E-state index is 12.3. The Morgan fingerprint density at radius 2 is 2.30 bits per heavy atom. The number of ether oxygens (including phenoxy) is 1. The Balaban J connectivity index is 2.12. The number of nitrogens with zero attached hydrogens (tertiary/aromatic N) is 1. The largest absolute Gasteiger partial charge is 0.379 e. The molecule has 0 saturated carbocycles. The third kappa shape index (κ3) is 3.93. The van der Waals surface area contributed by atoms with Gasteiger partial charge in [-0.25, -0.2) is 4.98 Å². The van der Waals surface area contributed by atoms with Crippen molar-refractivity contribution in [2.24, 2.45) is 0 Å². The monoisotopic (exact) mass is 277 g/mol. The van der Waals surface area contributed by atoms with E-state index in [0.29, 0.717) is 12.2 Å². The van der Waals surface area contributed by atoms with Crippen molar-refractivity contribution in [2.75, 3.05) is 25.1 Å². The molecule has 0 radical (unpaired) electrons. The van der Waals surface area contributed by atoms with Gasteiger partial charge in [0, 0.05) is 24.4 Å². The van der Waals surface area contributed by atoms with Crippen molar-refractivity contribution in [2.45, 2.75) is 39.2 Å². The minimum absolute atomic E-state index is 0.0422. The summed E-state index contributed by atoms with van der Waals surface area (Å²) in [6, 6.07) is 3.83. The fraction of sp³-hybridized carbons (Fsp3) is 0.600. The third-order valence-corrected chi connectivity index (χ3v) is 3.27. The lowest BCUT2D eigenvalue weighted by Gasteiger charge is -2.13. The van der Waals surface area contributed by atoms with Gasteiger partial charge in [-0.15, -0.1) is 0 Å². The van der Waals surface area contributed by atoms with Crippen LogP contribution in [0.25, 0.3) is 0 Å². The van der Waals surface area contributed by atoms with E-state index >= 15 is 0 Å². The van der Waals surface area contributed by atoms with Crippen LogP contribution in [0.1, 0.15) is 42.7 Å². The van der Waals surface area contributed by atoms with Crippen molar-refractivity contribution in [1.29, 1.82) is 0 Å². The number of aromatic nitrogens is 1. The highest BCUT2D eigenvalue weighted by molar-refractivity contribution is 5.95. The minimum Gasteiger partial charge on any atom is -0.379 e. The summed E-state index contributed by atoms with van der Waals surface area (Å²) in [5, 5.41) is 6.19. The first kappa shape index (κ1) is 14.8. The molecule has 2 N–H and O–H groups in total. The molecule has 1 unspecified atom stereocenters. The van der Waals surface area contributed by atoms with Gasteiger partial charge in [0.25, 0.3) is 5.91 Å². The Labute approximate surface area is 120 Å². The first-order valence-electron chi connectivity index (χ1n) is 7.36. The maximum absolute atomic E-state index is 12.3. The lowest BCUT2D eigenvalue weighted by atomic mass is 10.1. The van der Waals surface area contributed by atoms with E-state index in [1.54, 1.807) is 0 Å². The van der Waals surface area contributed by atoms with Gasteiger partial charge in [0.1, 0.15) is 5.82 Å². The number of carbonyl (C=O) groups excluding carboxylic acids is 1. The van der Waals surface area contributed by atoms with E-state index in [9.17, 15) is 4.79 Å². The standard InChI is InChI=1S/C15H23N3O2/c1-3-5-12-8-11(9-14(17-12)16-4-2)15(19)18-13-6-7-20-10-13/h8-9,13H,3-7,10H2,1-2H3,(H,16,17)(H,18,19). The molecule has 20 heavy (non-hydrogen) atoms. The zero-order chi connectivity index (χ0) is 14.4. The normalized spacial score (nSPS) is 18.0. The Morgan fingerprint density at radius 1 is 1.45 bits per heavy atom. The summed E-state index contributed by atoms with van der Waals surface area (Å²) in [5.74, 6) is 0.727. The van der Waals surface area contributed by atoms with Crippen LogP contribution in [0.15, 0.2) is 12.1 Å². The Kier molecular flexibility index (Phi) is 5.35. The summed E-state index contributed by atoms with van der Waals surface area (Å²) < 4.78 is 5.28. The molecule has 1 fully saturated rings. The summed E-state index contributed by atoms with van der Waals surface area (Å²) >= 11 is 0. The van der Waals surface area contributed by atoms with Crippen molar-refractivity contribution in [3.05, 3.63) is 23.4 Å². The predicted molar refractivity (Wildman–Crippen MR) is 79.1 cm³/mol. The van der Waals surface area contributed by atoms with Crippen molar-refractivity contribution in [1.82, 2.24) is 10.3 Å². The van der Waals surface area contributed by atoms with E-state index in [-0.39, 0.29) is 11.9 Å². The smallest absolute Gasteiger partial charge is 0.251 e. The summed E-state index contributed by atoms with van der Waals surface area (Å²) in [6.07, 6.45) is 2.78. The average Bonchev–Trinajstić information content (AvgIpc) is 2.92. The summed E-state index contributed by atoms with van der Waals surface area (Å²) in [7, 11) is 0. The number of nitrogens with one attached hydrogen (secondary N) is 2. The van der Waals surface area contributed by atoms with Crippen LogP contribution in [0.5, 0.6) is 0 Å². The van der Waals surface area contributed by atoms with Crippen LogP contribution in [0.2, 0.25) is 0 Å². The van der Waals surface area contributed by atoms with Gasteiger partial charge in [-0.2, -0.15) is 0 Å².